The molecule has 0 amide bonds. The van der Waals surface area contributed by atoms with Gasteiger partial charge in [0.05, 0.1) is 0 Å². The number of carboxylic acids is 4. The summed E-state index contributed by atoms with van der Waals surface area (Å²) in [5, 5.41) is 38.0. The summed E-state index contributed by atoms with van der Waals surface area (Å²) in [5.41, 5.74) is 0. The number of hydrogen-bond acceptors (Lipinski definition) is 8. The molecule has 8 nitrogen and oxygen atoms in total. The SMILES string of the molecule is CCCC(=O)[O-].CCCC(=O)[O-].CCCC(=O)[O-].CCCC(=O)[O-].C[C-](C)C.[V+4]. The van der Waals surface area contributed by atoms with Crippen molar-refractivity contribution in [1.82, 2.24) is 0 Å². The third kappa shape index (κ3) is 145. The first-order chi connectivity index (χ1) is 12.8. The fraction of sp³-hybridized carbons (Fsp3) is 0.750. The summed E-state index contributed by atoms with van der Waals surface area (Å²) >= 11 is 0. The number of carbonyl (C=O) groups excluding carboxylic acids is 4. The molecule has 0 aromatic heterocycles. The quantitative estimate of drug-likeness (QED) is 0.452. The van der Waals surface area contributed by atoms with E-state index in [4.69, 9.17) is 0 Å². The number of rotatable bonds is 8. The van der Waals surface area contributed by atoms with Crippen molar-refractivity contribution in [3.05, 3.63) is 5.92 Å². The molecule has 0 unspecified atom stereocenters. The second kappa shape index (κ2) is 37.2. The summed E-state index contributed by atoms with van der Waals surface area (Å²) in [6.45, 7) is 13.5. The second-order valence-electron chi connectivity index (χ2n) is 5.99. The second-order valence-corrected chi connectivity index (χ2v) is 5.99. The molecule has 0 aromatic rings. The van der Waals surface area contributed by atoms with Crippen LogP contribution in [0.4, 0.5) is 0 Å². The Labute approximate surface area is 188 Å². The molecule has 0 aromatic carbocycles. The summed E-state index contributed by atoms with van der Waals surface area (Å²) in [7, 11) is 0. The molecule has 0 atom stereocenters. The van der Waals surface area contributed by atoms with E-state index in [0.29, 0.717) is 25.7 Å². The molecular weight excluding hydrogens is 419 g/mol. The van der Waals surface area contributed by atoms with Crippen molar-refractivity contribution in [2.24, 2.45) is 0 Å². The monoisotopic (exact) mass is 456 g/mol. The van der Waals surface area contributed by atoms with Crippen molar-refractivity contribution in [2.45, 2.75) is 99.8 Å². The van der Waals surface area contributed by atoms with E-state index >= 15 is 0 Å². The van der Waals surface area contributed by atoms with Crippen LogP contribution in [0.1, 0.15) is 99.8 Å². The van der Waals surface area contributed by atoms with E-state index in [-0.39, 0.29) is 44.2 Å². The first kappa shape index (κ1) is 41.8. The molecule has 0 heterocycles. The normalized spacial score (nSPS) is 8.00. The van der Waals surface area contributed by atoms with Crippen molar-refractivity contribution in [3.8, 4) is 0 Å². The molecule has 0 fully saturated rings. The van der Waals surface area contributed by atoms with Crippen LogP contribution in [-0.2, 0) is 37.7 Å². The van der Waals surface area contributed by atoms with Crippen LogP contribution in [0, 0.1) is 5.92 Å². The van der Waals surface area contributed by atoms with Gasteiger partial charge in [-0.15, -0.1) is 0 Å². The van der Waals surface area contributed by atoms with Crippen LogP contribution in [0.15, 0.2) is 0 Å². The van der Waals surface area contributed by atoms with E-state index in [1.807, 2.05) is 0 Å². The first-order valence-corrected chi connectivity index (χ1v) is 9.38. The van der Waals surface area contributed by atoms with Gasteiger partial charge < -0.3 is 45.5 Å². The van der Waals surface area contributed by atoms with Crippen LogP contribution in [0.3, 0.4) is 0 Å². The number of aliphatic carboxylic acids is 4. The molecule has 0 bridgehead atoms. The topological polar surface area (TPSA) is 161 Å². The van der Waals surface area contributed by atoms with Crippen LogP contribution in [0.5, 0.6) is 0 Å². The molecule has 0 N–H and O–H groups in total. The van der Waals surface area contributed by atoms with Crippen LogP contribution in [0.2, 0.25) is 0 Å². The zero-order valence-corrected chi connectivity index (χ0v) is 20.3. The molecule has 1 radical (unpaired) electrons. The van der Waals surface area contributed by atoms with Gasteiger partial charge in [-0.1, -0.05) is 53.4 Å². The fourth-order valence-electron chi connectivity index (χ4n) is 0.816. The fourth-order valence-corrected chi connectivity index (χ4v) is 0.816. The smallest absolute Gasteiger partial charge is 0.550 e. The summed E-state index contributed by atoms with van der Waals surface area (Å²) < 4.78 is 0. The maximum Gasteiger partial charge on any atom is 4.00 e. The molecule has 9 heteroatoms. The van der Waals surface area contributed by atoms with E-state index in [1.54, 1.807) is 27.7 Å². The van der Waals surface area contributed by atoms with E-state index in [2.05, 4.69) is 20.8 Å². The predicted molar refractivity (Wildman–Crippen MR) is 99.9 cm³/mol. The Balaban J connectivity index is -0.0000000569. The number of carboxylic acid groups (broad SMARTS) is 4. The predicted octanol–water partition coefficient (Wildman–Crippen LogP) is -0.236. The van der Waals surface area contributed by atoms with Gasteiger partial charge in [-0.25, -0.2) is 0 Å². The third-order valence-electron chi connectivity index (χ3n) is 1.82. The molecule has 0 aliphatic carbocycles. The maximum atomic E-state index is 9.49. The number of hydrogen-bond donors (Lipinski definition) is 0. The molecule has 0 saturated heterocycles. The van der Waals surface area contributed by atoms with Gasteiger partial charge in [-0.3, -0.25) is 0 Å². The van der Waals surface area contributed by atoms with Crippen LogP contribution < -0.4 is 20.4 Å². The summed E-state index contributed by atoms with van der Waals surface area (Å²) in [5.74, 6) is -2.43. The van der Waals surface area contributed by atoms with Gasteiger partial charge in [-0.2, -0.15) is 20.8 Å². The van der Waals surface area contributed by atoms with Crippen molar-refractivity contribution >= 4 is 23.9 Å². The molecular formula is C20H37O8V-. The summed E-state index contributed by atoms with van der Waals surface area (Å²) in [4.78, 5) is 38.0. The molecule has 171 valence electrons. The molecule has 0 aliphatic heterocycles. The third-order valence-corrected chi connectivity index (χ3v) is 1.82. The van der Waals surface area contributed by atoms with Crippen LogP contribution in [-0.4, -0.2) is 23.9 Å². The van der Waals surface area contributed by atoms with Crippen molar-refractivity contribution in [3.63, 3.8) is 0 Å². The van der Waals surface area contributed by atoms with Gasteiger partial charge in [0.1, 0.15) is 0 Å². The average Bonchev–Trinajstić information content (AvgIpc) is 2.47. The zero-order chi connectivity index (χ0) is 23.5. The van der Waals surface area contributed by atoms with Crippen molar-refractivity contribution in [1.29, 1.82) is 0 Å². The summed E-state index contributed by atoms with van der Waals surface area (Å²) in [6, 6.07) is 0. The van der Waals surface area contributed by atoms with Crippen LogP contribution in [0.25, 0.3) is 0 Å². The Morgan fingerprint density at radius 2 is 0.621 bits per heavy atom. The minimum absolute atomic E-state index is 0. The maximum absolute atomic E-state index is 9.49. The largest absolute Gasteiger partial charge is 4.00 e. The van der Waals surface area contributed by atoms with Crippen molar-refractivity contribution in [2.75, 3.05) is 0 Å². The molecule has 29 heavy (non-hydrogen) atoms. The van der Waals surface area contributed by atoms with Crippen molar-refractivity contribution < 1.29 is 58.2 Å². The molecule has 0 rings (SSSR count). The Hall–Kier alpha value is -1.54. The van der Waals surface area contributed by atoms with E-state index in [0.717, 1.165) is 0 Å². The van der Waals surface area contributed by atoms with Gasteiger partial charge in [0.2, 0.25) is 0 Å². The Morgan fingerprint density at radius 1 is 0.517 bits per heavy atom. The van der Waals surface area contributed by atoms with Gasteiger partial charge >= 0.3 is 18.6 Å². The van der Waals surface area contributed by atoms with Gasteiger partial charge in [0, 0.05) is 23.9 Å². The first-order valence-electron chi connectivity index (χ1n) is 9.38. The number of carbonyl (C=O) groups is 4. The zero-order valence-electron chi connectivity index (χ0n) is 18.9. The van der Waals surface area contributed by atoms with E-state index in [1.165, 1.54) is 5.92 Å². The summed E-state index contributed by atoms with van der Waals surface area (Å²) in [6.07, 6.45) is 3.40. The minimum Gasteiger partial charge on any atom is -0.550 e. The van der Waals surface area contributed by atoms with Crippen LogP contribution >= 0.6 is 0 Å². The standard InChI is InChI=1S/4C4H8O2.C4H9.V/c4*1-2-3-4(5)6;1-4(2)3;/h4*2-3H2,1H3,(H,5,6);1-3H3;/q;;;;-1;+4/p-4. The van der Waals surface area contributed by atoms with Gasteiger partial charge in [0.15, 0.2) is 0 Å². The Bertz CT molecular complexity index is 305. The van der Waals surface area contributed by atoms with Gasteiger partial charge in [-0.05, 0) is 25.7 Å². The Morgan fingerprint density at radius 3 is 0.621 bits per heavy atom. The Kier molecular flexibility index (Phi) is 53.6. The average molecular weight is 456 g/mol. The molecule has 0 saturated carbocycles. The van der Waals surface area contributed by atoms with Gasteiger partial charge in [0.25, 0.3) is 0 Å². The van der Waals surface area contributed by atoms with E-state index < -0.39 is 23.9 Å². The minimum atomic E-state index is -0.961. The molecule has 0 spiro atoms. The van der Waals surface area contributed by atoms with E-state index in [9.17, 15) is 39.6 Å². The molecule has 0 aliphatic rings.